The van der Waals surface area contributed by atoms with Crippen molar-refractivity contribution >= 4 is 11.9 Å². The number of carboxylic acid groups (broad SMARTS) is 1. The van der Waals surface area contributed by atoms with Gasteiger partial charge in [-0.25, -0.2) is 22.4 Å². The fourth-order valence-electron chi connectivity index (χ4n) is 2.68. The van der Waals surface area contributed by atoms with Crippen LogP contribution in [0.2, 0.25) is 0 Å². The predicted octanol–water partition coefficient (Wildman–Crippen LogP) is 3.20. The molecule has 0 aliphatic heterocycles. The summed E-state index contributed by atoms with van der Waals surface area (Å²) in [5, 5.41) is 8.59. The lowest BCUT2D eigenvalue weighted by molar-refractivity contribution is -0.152. The summed E-state index contributed by atoms with van der Waals surface area (Å²) in [5.74, 6) is -9.11. The second kappa shape index (κ2) is 6.26. The highest BCUT2D eigenvalue weighted by atomic mass is 19.2. The number of hydrogen-bond donors (Lipinski definition) is 1. The van der Waals surface area contributed by atoms with E-state index in [0.29, 0.717) is 0 Å². The third-order valence-corrected chi connectivity index (χ3v) is 4.50. The van der Waals surface area contributed by atoms with Crippen molar-refractivity contribution in [3.05, 3.63) is 47.1 Å². The lowest BCUT2D eigenvalue weighted by Gasteiger charge is -2.12. The smallest absolute Gasteiger partial charge is 0.327 e. The summed E-state index contributed by atoms with van der Waals surface area (Å²) in [6.07, 6.45) is 2.22. The Hall–Kier alpha value is -2.38. The van der Waals surface area contributed by atoms with E-state index in [2.05, 4.69) is 0 Å². The van der Waals surface area contributed by atoms with Crippen LogP contribution < -0.4 is 0 Å². The minimum absolute atomic E-state index is 0.0625. The Bertz CT molecular complexity index is 705. The topological polar surface area (TPSA) is 63.6 Å². The lowest BCUT2D eigenvalue weighted by Crippen LogP contribution is -2.20. The van der Waals surface area contributed by atoms with Crippen molar-refractivity contribution in [2.24, 2.45) is 17.3 Å². The van der Waals surface area contributed by atoms with E-state index >= 15 is 0 Å². The Morgan fingerprint density at radius 2 is 1.79 bits per heavy atom. The van der Waals surface area contributed by atoms with Gasteiger partial charge in [-0.3, -0.25) is 4.79 Å². The zero-order valence-corrected chi connectivity index (χ0v) is 12.8. The average molecular weight is 346 g/mol. The quantitative estimate of drug-likeness (QED) is 0.385. The van der Waals surface area contributed by atoms with Gasteiger partial charge in [-0.15, -0.1) is 0 Å². The average Bonchev–Trinajstić information content (AvgIpc) is 3.05. The molecule has 1 aromatic carbocycles. The number of esters is 1. The molecule has 1 saturated carbocycles. The summed E-state index contributed by atoms with van der Waals surface area (Å²) < 4.78 is 58.0. The number of allylic oxidation sites excluding steroid dienone is 1. The molecular formula is C16H14F4O4. The first-order valence-electron chi connectivity index (χ1n) is 7.00. The molecule has 2 rings (SSSR count). The lowest BCUT2D eigenvalue weighted by atomic mass is 10.1. The third-order valence-electron chi connectivity index (χ3n) is 4.50. The van der Waals surface area contributed by atoms with E-state index in [1.54, 1.807) is 6.92 Å². The van der Waals surface area contributed by atoms with Crippen LogP contribution >= 0.6 is 0 Å². The summed E-state index contributed by atoms with van der Waals surface area (Å²) in [4.78, 5) is 22.6. The molecule has 1 aliphatic carbocycles. The number of carbonyl (C=O) groups is 2. The summed E-state index contributed by atoms with van der Waals surface area (Å²) in [6.45, 7) is 2.22. The monoisotopic (exact) mass is 346 g/mol. The molecular weight excluding hydrogens is 332 g/mol. The van der Waals surface area contributed by atoms with E-state index in [1.165, 1.54) is 13.0 Å². The zero-order valence-electron chi connectivity index (χ0n) is 12.8. The maximum atomic E-state index is 13.5. The van der Waals surface area contributed by atoms with Crippen molar-refractivity contribution in [2.75, 3.05) is 0 Å². The molecule has 1 N–H and O–H groups in total. The Morgan fingerprint density at radius 3 is 2.29 bits per heavy atom. The highest BCUT2D eigenvalue weighted by Crippen LogP contribution is 2.59. The maximum absolute atomic E-state index is 13.5. The second-order valence-corrected chi connectivity index (χ2v) is 5.82. The van der Waals surface area contributed by atoms with E-state index in [9.17, 15) is 27.2 Å². The number of benzene rings is 1. The van der Waals surface area contributed by atoms with Crippen LogP contribution in [0.3, 0.4) is 0 Å². The highest BCUT2D eigenvalue weighted by Gasteiger charge is 2.63. The number of carbonyl (C=O) groups excluding carboxylic acids is 1. The van der Waals surface area contributed by atoms with Crippen molar-refractivity contribution < 1.29 is 37.0 Å². The largest absolute Gasteiger partial charge is 0.478 e. The van der Waals surface area contributed by atoms with Crippen molar-refractivity contribution in [3.63, 3.8) is 0 Å². The van der Waals surface area contributed by atoms with Gasteiger partial charge in [0.15, 0.2) is 23.3 Å². The van der Waals surface area contributed by atoms with Gasteiger partial charge in [-0.05, 0) is 18.8 Å². The fraction of sp³-hybridized carbons (Fsp3) is 0.375. The molecule has 8 heteroatoms. The minimum atomic E-state index is -1.63. The van der Waals surface area contributed by atoms with Gasteiger partial charge >= 0.3 is 11.9 Å². The normalized spacial score (nSPS) is 25.8. The zero-order chi connectivity index (χ0) is 18.2. The number of hydrogen-bond acceptors (Lipinski definition) is 3. The summed E-state index contributed by atoms with van der Waals surface area (Å²) in [5.41, 5.74) is -2.08. The van der Waals surface area contributed by atoms with E-state index in [4.69, 9.17) is 9.84 Å². The Kier molecular flexibility index (Phi) is 4.68. The van der Waals surface area contributed by atoms with Gasteiger partial charge in [0.1, 0.15) is 6.61 Å². The van der Waals surface area contributed by atoms with Crippen LogP contribution in [0.4, 0.5) is 17.6 Å². The number of carboxylic acids is 1. The van der Waals surface area contributed by atoms with Gasteiger partial charge in [-0.1, -0.05) is 13.0 Å². The van der Waals surface area contributed by atoms with Gasteiger partial charge < -0.3 is 9.84 Å². The van der Waals surface area contributed by atoms with E-state index in [0.717, 1.165) is 6.08 Å². The van der Waals surface area contributed by atoms with Crippen LogP contribution in [-0.2, 0) is 20.9 Å². The molecule has 0 radical (unpaired) electrons. The van der Waals surface area contributed by atoms with Crippen LogP contribution in [0, 0.1) is 40.5 Å². The van der Waals surface area contributed by atoms with Crippen molar-refractivity contribution in [3.8, 4) is 0 Å². The van der Waals surface area contributed by atoms with Crippen LogP contribution in [0.5, 0.6) is 0 Å². The SMILES string of the molecule is CC1C(C=CC(=O)O)C1(C)C(=O)OCc1c(F)c(F)cc(F)c1F. The third kappa shape index (κ3) is 3.00. The first-order chi connectivity index (χ1) is 11.1. The van der Waals surface area contributed by atoms with Crippen molar-refractivity contribution in [2.45, 2.75) is 20.5 Å². The molecule has 0 heterocycles. The standard InChI is InChI=1S/C16H14F4O4/c1-7-9(3-4-12(21)22)16(7,2)15(23)24-6-8-13(19)10(17)5-11(18)14(8)20/h3-5,7,9H,6H2,1-2H3,(H,21,22). The minimum Gasteiger partial charge on any atom is -0.478 e. The molecule has 1 aliphatic rings. The molecule has 0 spiro atoms. The molecule has 0 aromatic heterocycles. The number of ether oxygens (including phenoxy) is 1. The Morgan fingerprint density at radius 1 is 1.25 bits per heavy atom. The van der Waals surface area contributed by atoms with Gasteiger partial charge in [0.25, 0.3) is 0 Å². The van der Waals surface area contributed by atoms with Gasteiger partial charge in [0, 0.05) is 12.1 Å². The Balaban J connectivity index is 2.11. The van der Waals surface area contributed by atoms with Gasteiger partial charge in [0.2, 0.25) is 0 Å². The number of rotatable bonds is 5. The first-order valence-corrected chi connectivity index (χ1v) is 7.00. The molecule has 24 heavy (non-hydrogen) atoms. The Labute approximate surface area is 134 Å². The number of halogens is 4. The highest BCUT2D eigenvalue weighted by molar-refractivity contribution is 5.83. The van der Waals surface area contributed by atoms with Gasteiger partial charge in [0.05, 0.1) is 11.0 Å². The first kappa shape index (κ1) is 18.0. The maximum Gasteiger partial charge on any atom is 0.327 e. The molecule has 0 bridgehead atoms. The van der Waals surface area contributed by atoms with Crippen LogP contribution in [0.25, 0.3) is 0 Å². The molecule has 3 atom stereocenters. The van der Waals surface area contributed by atoms with Gasteiger partial charge in [-0.2, -0.15) is 0 Å². The molecule has 0 amide bonds. The van der Waals surface area contributed by atoms with Crippen LogP contribution in [-0.4, -0.2) is 17.0 Å². The van der Waals surface area contributed by atoms with E-state index < -0.39 is 58.7 Å². The summed E-state index contributed by atoms with van der Waals surface area (Å²) in [7, 11) is 0. The fourth-order valence-corrected chi connectivity index (χ4v) is 2.68. The van der Waals surface area contributed by atoms with E-state index in [-0.39, 0.29) is 12.0 Å². The molecule has 130 valence electrons. The molecule has 0 saturated heterocycles. The van der Waals surface area contributed by atoms with Crippen LogP contribution in [0.15, 0.2) is 18.2 Å². The van der Waals surface area contributed by atoms with Crippen molar-refractivity contribution in [1.29, 1.82) is 0 Å². The second-order valence-electron chi connectivity index (χ2n) is 5.82. The number of aliphatic carboxylic acids is 1. The van der Waals surface area contributed by atoms with Crippen LogP contribution in [0.1, 0.15) is 19.4 Å². The summed E-state index contributed by atoms with van der Waals surface area (Å²) >= 11 is 0. The molecule has 3 unspecified atom stereocenters. The molecule has 1 aromatic rings. The van der Waals surface area contributed by atoms with E-state index in [1.807, 2.05) is 0 Å². The molecule has 4 nitrogen and oxygen atoms in total. The summed E-state index contributed by atoms with van der Waals surface area (Å²) in [6, 6.07) is 0.0625. The van der Waals surface area contributed by atoms with Crippen molar-refractivity contribution in [1.82, 2.24) is 0 Å². The predicted molar refractivity (Wildman–Crippen MR) is 73.6 cm³/mol. The molecule has 1 fully saturated rings.